The number of nitro groups is 1. The molecule has 1 fully saturated rings. The number of nitrogens with one attached hydrogen (secondary N) is 1. The summed E-state index contributed by atoms with van der Waals surface area (Å²) >= 11 is 0. The van der Waals surface area contributed by atoms with E-state index in [1.807, 2.05) is 6.92 Å². The van der Waals surface area contributed by atoms with E-state index in [4.69, 9.17) is 0 Å². The fourth-order valence-electron chi connectivity index (χ4n) is 2.60. The fourth-order valence-corrected chi connectivity index (χ4v) is 2.60. The van der Waals surface area contributed by atoms with Crippen LogP contribution >= 0.6 is 0 Å². The van der Waals surface area contributed by atoms with Gasteiger partial charge in [0.2, 0.25) is 5.82 Å². The molecule has 2 rings (SSSR count). The first kappa shape index (κ1) is 13.8. The molecule has 1 aliphatic heterocycles. The number of aromatic nitrogens is 2. The molecule has 106 valence electrons. The second-order valence-electron chi connectivity index (χ2n) is 5.14. The predicted molar refractivity (Wildman–Crippen MR) is 73.6 cm³/mol. The van der Waals surface area contributed by atoms with Crippen LogP contribution in [0.3, 0.4) is 0 Å². The summed E-state index contributed by atoms with van der Waals surface area (Å²) in [6, 6.07) is 0.535. The minimum Gasteiger partial charge on any atom is -0.346 e. The van der Waals surface area contributed by atoms with Crippen LogP contribution < -0.4 is 10.2 Å². The monoisotopic (exact) mass is 267 g/mol. The second-order valence-corrected chi connectivity index (χ2v) is 5.14. The van der Waals surface area contributed by atoms with Gasteiger partial charge in [-0.25, -0.2) is 4.68 Å². The van der Waals surface area contributed by atoms with E-state index in [-0.39, 0.29) is 16.7 Å². The molecule has 0 radical (unpaired) electrons. The third-order valence-electron chi connectivity index (χ3n) is 3.59. The zero-order valence-corrected chi connectivity index (χ0v) is 11.9. The van der Waals surface area contributed by atoms with Crippen LogP contribution in [-0.2, 0) is 6.54 Å². The highest BCUT2D eigenvalue weighted by Crippen LogP contribution is 2.33. The zero-order valence-electron chi connectivity index (χ0n) is 11.9. The molecule has 1 aliphatic rings. The van der Waals surface area contributed by atoms with Crippen molar-refractivity contribution in [3.8, 4) is 0 Å². The van der Waals surface area contributed by atoms with Gasteiger partial charge < -0.3 is 10.2 Å². The Morgan fingerprint density at radius 2 is 2.21 bits per heavy atom. The van der Waals surface area contributed by atoms with Gasteiger partial charge in [0.25, 0.3) is 0 Å². The first-order valence-corrected chi connectivity index (χ1v) is 6.67. The van der Waals surface area contributed by atoms with E-state index >= 15 is 0 Å². The van der Waals surface area contributed by atoms with Gasteiger partial charge in [-0.05, 0) is 27.7 Å². The minimum absolute atomic E-state index is 0.141. The molecule has 1 saturated heterocycles. The highest BCUT2D eigenvalue weighted by molar-refractivity contribution is 5.62. The Bertz CT molecular complexity index is 485. The lowest BCUT2D eigenvalue weighted by Crippen LogP contribution is -2.55. The molecule has 2 unspecified atom stereocenters. The Balaban J connectivity index is 2.49. The molecule has 0 bridgehead atoms. The molecular formula is C12H21N5O2. The average molecular weight is 267 g/mol. The van der Waals surface area contributed by atoms with E-state index in [1.165, 1.54) is 0 Å². The maximum absolute atomic E-state index is 11.3. The number of piperazine rings is 1. The summed E-state index contributed by atoms with van der Waals surface area (Å²) in [5.41, 5.74) is 0.628. The lowest BCUT2D eigenvalue weighted by molar-refractivity contribution is -0.384. The second kappa shape index (κ2) is 5.16. The van der Waals surface area contributed by atoms with Crippen LogP contribution in [0.15, 0.2) is 0 Å². The number of rotatable bonds is 3. The van der Waals surface area contributed by atoms with Crippen molar-refractivity contribution in [2.24, 2.45) is 0 Å². The molecule has 0 amide bonds. The van der Waals surface area contributed by atoms with Crippen LogP contribution in [0.1, 0.15) is 26.5 Å². The van der Waals surface area contributed by atoms with E-state index in [2.05, 4.69) is 29.2 Å². The minimum atomic E-state index is -0.316. The van der Waals surface area contributed by atoms with E-state index in [0.717, 1.165) is 13.1 Å². The van der Waals surface area contributed by atoms with Crippen molar-refractivity contribution in [2.45, 2.75) is 46.3 Å². The van der Waals surface area contributed by atoms with E-state index in [9.17, 15) is 10.1 Å². The SMILES string of the molecule is CCn1nc(C)c([N+](=O)[O-])c1N1CC(C)NCC1C. The van der Waals surface area contributed by atoms with Crippen molar-refractivity contribution in [2.75, 3.05) is 18.0 Å². The van der Waals surface area contributed by atoms with E-state index in [0.29, 0.717) is 24.1 Å². The van der Waals surface area contributed by atoms with Gasteiger partial charge in [0.15, 0.2) is 0 Å². The van der Waals surface area contributed by atoms with Gasteiger partial charge in [0.1, 0.15) is 5.69 Å². The van der Waals surface area contributed by atoms with Crippen molar-refractivity contribution in [3.05, 3.63) is 15.8 Å². The van der Waals surface area contributed by atoms with Gasteiger partial charge in [-0.15, -0.1) is 0 Å². The lowest BCUT2D eigenvalue weighted by Gasteiger charge is -2.38. The van der Waals surface area contributed by atoms with E-state index in [1.54, 1.807) is 11.6 Å². The number of aryl methyl sites for hydroxylation is 2. The normalized spacial score (nSPS) is 23.7. The molecule has 0 spiro atoms. The van der Waals surface area contributed by atoms with Crippen molar-refractivity contribution in [3.63, 3.8) is 0 Å². The lowest BCUT2D eigenvalue weighted by atomic mass is 10.1. The molecular weight excluding hydrogens is 246 g/mol. The maximum atomic E-state index is 11.3. The molecule has 2 atom stereocenters. The summed E-state index contributed by atoms with van der Waals surface area (Å²) in [4.78, 5) is 13.1. The fraction of sp³-hybridized carbons (Fsp3) is 0.750. The van der Waals surface area contributed by atoms with Gasteiger partial charge in [0, 0.05) is 31.7 Å². The number of anilines is 1. The summed E-state index contributed by atoms with van der Waals surface area (Å²) < 4.78 is 1.74. The first-order chi connectivity index (χ1) is 8.95. The van der Waals surface area contributed by atoms with Crippen molar-refractivity contribution < 1.29 is 4.92 Å². The molecule has 0 aliphatic carbocycles. The predicted octanol–water partition coefficient (Wildman–Crippen LogP) is 1.31. The van der Waals surface area contributed by atoms with Crippen molar-refractivity contribution in [1.29, 1.82) is 0 Å². The molecule has 1 aromatic rings. The van der Waals surface area contributed by atoms with Crippen LogP contribution in [0.4, 0.5) is 11.5 Å². The highest BCUT2D eigenvalue weighted by Gasteiger charge is 2.33. The molecule has 1 N–H and O–H groups in total. The smallest absolute Gasteiger partial charge is 0.333 e. The highest BCUT2D eigenvalue weighted by atomic mass is 16.6. The van der Waals surface area contributed by atoms with Crippen molar-refractivity contribution in [1.82, 2.24) is 15.1 Å². The summed E-state index contributed by atoms with van der Waals surface area (Å²) in [5, 5.41) is 19.0. The quantitative estimate of drug-likeness (QED) is 0.660. The van der Waals surface area contributed by atoms with Crippen LogP contribution in [0, 0.1) is 17.0 Å². The molecule has 7 heteroatoms. The number of hydrogen-bond acceptors (Lipinski definition) is 5. The first-order valence-electron chi connectivity index (χ1n) is 6.67. The van der Waals surface area contributed by atoms with Gasteiger partial charge in [-0.3, -0.25) is 10.1 Å². The Kier molecular flexibility index (Phi) is 3.75. The van der Waals surface area contributed by atoms with Crippen LogP contribution in [0.25, 0.3) is 0 Å². The standard InChI is InChI=1S/C12H21N5O2/c1-5-16-12(11(17(18)19)10(4)14-16)15-7-8(2)13-6-9(15)3/h8-9,13H,5-7H2,1-4H3. The summed E-state index contributed by atoms with van der Waals surface area (Å²) in [6.07, 6.45) is 0. The Morgan fingerprint density at radius 3 is 2.79 bits per heavy atom. The van der Waals surface area contributed by atoms with Crippen LogP contribution in [0.2, 0.25) is 0 Å². The third-order valence-corrected chi connectivity index (χ3v) is 3.59. The summed E-state index contributed by atoms with van der Waals surface area (Å²) in [5.74, 6) is 0.644. The van der Waals surface area contributed by atoms with Gasteiger partial charge in [-0.1, -0.05) is 0 Å². The van der Waals surface area contributed by atoms with E-state index < -0.39 is 0 Å². The molecule has 7 nitrogen and oxygen atoms in total. The van der Waals surface area contributed by atoms with Gasteiger partial charge >= 0.3 is 5.69 Å². The molecule has 0 aromatic carbocycles. The van der Waals surface area contributed by atoms with Crippen LogP contribution in [0.5, 0.6) is 0 Å². The average Bonchev–Trinajstić information content (AvgIpc) is 2.69. The largest absolute Gasteiger partial charge is 0.346 e. The molecule has 2 heterocycles. The summed E-state index contributed by atoms with van der Waals surface area (Å²) in [6.45, 7) is 10.0. The Hall–Kier alpha value is -1.63. The van der Waals surface area contributed by atoms with Crippen LogP contribution in [-0.4, -0.2) is 39.9 Å². The number of hydrogen-bond donors (Lipinski definition) is 1. The number of nitrogens with zero attached hydrogens (tertiary/aromatic N) is 4. The Morgan fingerprint density at radius 1 is 1.53 bits per heavy atom. The molecule has 19 heavy (non-hydrogen) atoms. The molecule has 0 saturated carbocycles. The zero-order chi connectivity index (χ0) is 14.2. The van der Waals surface area contributed by atoms with Gasteiger partial charge in [0.05, 0.1) is 4.92 Å². The topological polar surface area (TPSA) is 76.2 Å². The van der Waals surface area contributed by atoms with Gasteiger partial charge in [-0.2, -0.15) is 5.10 Å². The summed E-state index contributed by atoms with van der Waals surface area (Å²) in [7, 11) is 0. The van der Waals surface area contributed by atoms with Crippen molar-refractivity contribution >= 4 is 11.5 Å². The molecule has 1 aromatic heterocycles. The Labute approximate surface area is 112 Å². The maximum Gasteiger partial charge on any atom is 0.333 e. The third kappa shape index (κ3) is 2.42.